The van der Waals surface area contributed by atoms with E-state index in [0.717, 1.165) is 0 Å². The van der Waals surface area contributed by atoms with Crippen molar-refractivity contribution in [3.05, 3.63) is 45.3 Å². The maximum absolute atomic E-state index is 12.3. The zero-order chi connectivity index (χ0) is 13.3. The second kappa shape index (κ2) is 4.94. The van der Waals surface area contributed by atoms with Crippen LogP contribution in [0.2, 0.25) is 5.15 Å². The summed E-state index contributed by atoms with van der Waals surface area (Å²) in [5.74, 6) is 0.279. The van der Waals surface area contributed by atoms with E-state index in [0.29, 0.717) is 29.2 Å². The van der Waals surface area contributed by atoms with Gasteiger partial charge in [0.25, 0.3) is 5.56 Å². The highest BCUT2D eigenvalue weighted by molar-refractivity contribution is 6.33. The van der Waals surface area contributed by atoms with Gasteiger partial charge in [-0.2, -0.15) is 0 Å². The Hall–Kier alpha value is -1.61. The summed E-state index contributed by atoms with van der Waals surface area (Å²) in [5.41, 5.74) is 0.238. The fraction of sp³-hybridized carbons (Fsp3) is 0.286. The number of pyridine rings is 1. The number of halogens is 1. The Morgan fingerprint density at radius 3 is 2.44 bits per heavy atom. The molecule has 0 aliphatic heterocycles. The lowest BCUT2D eigenvalue weighted by Crippen LogP contribution is -2.24. The maximum atomic E-state index is 12.3. The Bertz CT molecular complexity index is 659. The van der Waals surface area contributed by atoms with Crippen LogP contribution in [0, 0.1) is 5.92 Å². The zero-order valence-electron chi connectivity index (χ0n) is 10.3. The molecule has 3 nitrogen and oxygen atoms in total. The molecule has 2 aromatic rings. The lowest BCUT2D eigenvalue weighted by Gasteiger charge is -2.14. The number of fused-ring (bicyclic) bond motifs is 1. The molecule has 1 heterocycles. The van der Waals surface area contributed by atoms with Crippen LogP contribution >= 0.6 is 11.6 Å². The number of rotatable bonds is 3. The van der Waals surface area contributed by atoms with Crippen LogP contribution in [0.3, 0.4) is 0 Å². The van der Waals surface area contributed by atoms with Crippen LogP contribution in [-0.4, -0.2) is 10.9 Å². The van der Waals surface area contributed by atoms with E-state index in [1.54, 1.807) is 24.3 Å². The van der Waals surface area contributed by atoms with Crippen LogP contribution in [-0.2, 0) is 6.54 Å². The Morgan fingerprint density at radius 2 is 1.89 bits per heavy atom. The molecule has 94 valence electrons. The summed E-state index contributed by atoms with van der Waals surface area (Å²) in [7, 11) is 0. The molecule has 0 atom stereocenters. The van der Waals surface area contributed by atoms with E-state index in [1.165, 1.54) is 4.57 Å². The summed E-state index contributed by atoms with van der Waals surface area (Å²) in [6.45, 7) is 4.50. The van der Waals surface area contributed by atoms with Crippen molar-refractivity contribution in [1.82, 2.24) is 4.57 Å². The minimum atomic E-state index is -0.144. The van der Waals surface area contributed by atoms with Gasteiger partial charge in [0.15, 0.2) is 6.29 Å². The quantitative estimate of drug-likeness (QED) is 0.630. The predicted molar refractivity (Wildman–Crippen MR) is 73.4 cm³/mol. The standard InChI is InChI=1S/C14H14ClNO2/c1-9(2)7-16-13(15)12(8-17)10-5-3-4-6-11(10)14(16)18/h3-6,8-9H,7H2,1-2H3. The second-order valence-electron chi connectivity index (χ2n) is 4.68. The number of carbonyl (C=O) groups is 1. The van der Waals surface area contributed by atoms with Gasteiger partial charge in [-0.1, -0.05) is 43.6 Å². The second-order valence-corrected chi connectivity index (χ2v) is 5.04. The van der Waals surface area contributed by atoms with E-state index >= 15 is 0 Å². The van der Waals surface area contributed by atoms with E-state index in [2.05, 4.69) is 0 Å². The molecule has 0 spiro atoms. The number of aromatic nitrogens is 1. The normalized spacial score (nSPS) is 11.1. The lowest BCUT2D eigenvalue weighted by molar-refractivity contribution is 0.112. The summed E-state index contributed by atoms with van der Waals surface area (Å²) in [6, 6.07) is 7.04. The Morgan fingerprint density at radius 1 is 1.28 bits per heavy atom. The Balaban J connectivity index is 2.88. The van der Waals surface area contributed by atoms with Crippen LogP contribution in [0.1, 0.15) is 24.2 Å². The molecule has 0 aliphatic rings. The summed E-state index contributed by atoms with van der Waals surface area (Å²) in [6.07, 6.45) is 0.709. The van der Waals surface area contributed by atoms with Gasteiger partial charge in [0.05, 0.1) is 5.56 Å². The average Bonchev–Trinajstić information content (AvgIpc) is 2.35. The van der Waals surface area contributed by atoms with Gasteiger partial charge in [-0.25, -0.2) is 0 Å². The maximum Gasteiger partial charge on any atom is 0.259 e. The zero-order valence-corrected chi connectivity index (χ0v) is 11.1. The number of aldehydes is 1. The first-order valence-electron chi connectivity index (χ1n) is 5.82. The minimum absolute atomic E-state index is 0.144. The molecular weight excluding hydrogens is 250 g/mol. The van der Waals surface area contributed by atoms with Gasteiger partial charge >= 0.3 is 0 Å². The van der Waals surface area contributed by atoms with Gasteiger partial charge in [0.1, 0.15) is 5.15 Å². The molecule has 0 aliphatic carbocycles. The molecule has 0 saturated heterocycles. The summed E-state index contributed by atoms with van der Waals surface area (Å²) < 4.78 is 1.47. The van der Waals surface area contributed by atoms with Gasteiger partial charge in [-0.3, -0.25) is 14.2 Å². The van der Waals surface area contributed by atoms with Crippen molar-refractivity contribution in [1.29, 1.82) is 0 Å². The highest BCUT2D eigenvalue weighted by atomic mass is 35.5. The molecule has 4 heteroatoms. The largest absolute Gasteiger partial charge is 0.298 e. The van der Waals surface area contributed by atoms with Crippen molar-refractivity contribution in [3.8, 4) is 0 Å². The number of hydrogen-bond donors (Lipinski definition) is 0. The number of carbonyl (C=O) groups excluding carboxylic acids is 1. The van der Waals surface area contributed by atoms with Crippen LogP contribution in [0.4, 0.5) is 0 Å². The van der Waals surface area contributed by atoms with Gasteiger partial charge in [0.2, 0.25) is 0 Å². The molecule has 0 bridgehead atoms. The first kappa shape index (κ1) is 12.8. The summed E-state index contributed by atoms with van der Waals surface area (Å²) >= 11 is 6.17. The van der Waals surface area contributed by atoms with E-state index in [9.17, 15) is 9.59 Å². The van der Waals surface area contributed by atoms with Crippen LogP contribution in [0.25, 0.3) is 10.8 Å². The Labute approximate surface area is 110 Å². The molecule has 1 aromatic heterocycles. The third kappa shape index (κ3) is 2.06. The third-order valence-electron chi connectivity index (χ3n) is 2.82. The van der Waals surface area contributed by atoms with Crippen LogP contribution < -0.4 is 5.56 Å². The molecule has 0 amide bonds. The molecule has 0 saturated carbocycles. The molecule has 2 rings (SSSR count). The van der Waals surface area contributed by atoms with E-state index in [-0.39, 0.29) is 16.6 Å². The monoisotopic (exact) mass is 263 g/mol. The van der Waals surface area contributed by atoms with E-state index in [4.69, 9.17) is 11.6 Å². The third-order valence-corrected chi connectivity index (χ3v) is 3.23. The highest BCUT2D eigenvalue weighted by Gasteiger charge is 2.14. The van der Waals surface area contributed by atoms with Crippen molar-refractivity contribution >= 4 is 28.7 Å². The van der Waals surface area contributed by atoms with Crippen molar-refractivity contribution < 1.29 is 4.79 Å². The topological polar surface area (TPSA) is 39.1 Å². The molecule has 18 heavy (non-hydrogen) atoms. The molecular formula is C14H14ClNO2. The fourth-order valence-electron chi connectivity index (χ4n) is 2.04. The van der Waals surface area contributed by atoms with Gasteiger partial charge < -0.3 is 0 Å². The smallest absolute Gasteiger partial charge is 0.259 e. The first-order chi connectivity index (χ1) is 8.56. The van der Waals surface area contributed by atoms with Crippen molar-refractivity contribution in [3.63, 3.8) is 0 Å². The number of benzene rings is 1. The average molecular weight is 264 g/mol. The number of hydrogen-bond acceptors (Lipinski definition) is 2. The first-order valence-corrected chi connectivity index (χ1v) is 6.20. The molecule has 0 N–H and O–H groups in total. The minimum Gasteiger partial charge on any atom is -0.298 e. The predicted octanol–water partition coefficient (Wildman–Crippen LogP) is 3.12. The van der Waals surface area contributed by atoms with Gasteiger partial charge in [0, 0.05) is 17.3 Å². The van der Waals surface area contributed by atoms with Crippen molar-refractivity contribution in [2.75, 3.05) is 0 Å². The van der Waals surface area contributed by atoms with Crippen LogP contribution in [0.5, 0.6) is 0 Å². The van der Waals surface area contributed by atoms with E-state index < -0.39 is 0 Å². The van der Waals surface area contributed by atoms with Gasteiger partial charge in [-0.15, -0.1) is 0 Å². The van der Waals surface area contributed by atoms with E-state index in [1.807, 2.05) is 13.8 Å². The summed E-state index contributed by atoms with van der Waals surface area (Å²) in [4.78, 5) is 23.5. The fourth-order valence-corrected chi connectivity index (χ4v) is 2.33. The molecule has 0 unspecified atom stereocenters. The van der Waals surface area contributed by atoms with Crippen LogP contribution in [0.15, 0.2) is 29.1 Å². The molecule has 1 aromatic carbocycles. The Kier molecular flexibility index (Phi) is 3.53. The highest BCUT2D eigenvalue weighted by Crippen LogP contribution is 2.22. The van der Waals surface area contributed by atoms with Gasteiger partial charge in [-0.05, 0) is 12.0 Å². The molecule has 0 radical (unpaired) electrons. The lowest BCUT2D eigenvalue weighted by atomic mass is 10.1. The molecule has 0 fully saturated rings. The van der Waals surface area contributed by atoms with Crippen molar-refractivity contribution in [2.24, 2.45) is 5.92 Å². The van der Waals surface area contributed by atoms with Crippen molar-refractivity contribution in [2.45, 2.75) is 20.4 Å². The number of nitrogens with zero attached hydrogens (tertiary/aromatic N) is 1. The summed E-state index contributed by atoms with van der Waals surface area (Å²) in [5, 5.41) is 1.37. The SMILES string of the molecule is CC(C)Cn1c(Cl)c(C=O)c2ccccc2c1=O.